The number of ketones is 1. The van der Waals surface area contributed by atoms with E-state index in [1.807, 2.05) is 0 Å². The molecule has 0 saturated heterocycles. The largest absolute Gasteiger partial charge is 0.507 e. The molecular weight excluding hydrogens is 159 g/mol. The Hall–Kier alpha value is -1.38. The van der Waals surface area contributed by atoms with Crippen molar-refractivity contribution in [3.05, 3.63) is 36.2 Å². The number of Topliss-reactive ketones (excluding diaryl/α,β-unsaturated/α-hetero) is 1. The SMILES string of the molecule is [CH2]c1cccc(C(=O)CF)c1O. The molecule has 0 atom stereocenters. The first-order valence-corrected chi connectivity index (χ1v) is 3.40. The third kappa shape index (κ3) is 1.44. The van der Waals surface area contributed by atoms with Gasteiger partial charge in [-0.25, -0.2) is 4.39 Å². The monoisotopic (exact) mass is 167 g/mol. The lowest BCUT2D eigenvalue weighted by Gasteiger charge is -2.02. The van der Waals surface area contributed by atoms with E-state index in [4.69, 9.17) is 0 Å². The van der Waals surface area contributed by atoms with Crippen molar-refractivity contribution < 1.29 is 14.3 Å². The molecule has 0 aromatic heterocycles. The normalized spacial score (nSPS) is 9.83. The van der Waals surface area contributed by atoms with Gasteiger partial charge in [-0.15, -0.1) is 0 Å². The Kier molecular flexibility index (Phi) is 2.43. The highest BCUT2D eigenvalue weighted by Crippen LogP contribution is 2.21. The van der Waals surface area contributed by atoms with Gasteiger partial charge in [-0.2, -0.15) is 0 Å². The lowest BCUT2D eigenvalue weighted by molar-refractivity contribution is 0.0956. The van der Waals surface area contributed by atoms with E-state index in [1.54, 1.807) is 12.1 Å². The van der Waals surface area contributed by atoms with Gasteiger partial charge in [-0.05, 0) is 18.6 Å². The first-order chi connectivity index (χ1) is 5.66. The smallest absolute Gasteiger partial charge is 0.197 e. The number of aromatic hydroxyl groups is 1. The summed E-state index contributed by atoms with van der Waals surface area (Å²) in [7, 11) is 0. The van der Waals surface area contributed by atoms with Gasteiger partial charge in [0.25, 0.3) is 0 Å². The maximum absolute atomic E-state index is 11.9. The van der Waals surface area contributed by atoms with Gasteiger partial charge in [0.05, 0.1) is 5.56 Å². The molecular formula is C9H8FO2. The summed E-state index contributed by atoms with van der Waals surface area (Å²) in [5, 5.41) is 9.25. The van der Waals surface area contributed by atoms with Crippen LogP contribution in [0.5, 0.6) is 5.75 Å². The fourth-order valence-corrected chi connectivity index (χ4v) is 0.888. The summed E-state index contributed by atoms with van der Waals surface area (Å²) in [4.78, 5) is 10.8. The van der Waals surface area contributed by atoms with Crippen LogP contribution in [0.25, 0.3) is 0 Å². The van der Waals surface area contributed by atoms with Gasteiger partial charge in [0, 0.05) is 0 Å². The average Bonchev–Trinajstić information content (AvgIpc) is 2.08. The van der Waals surface area contributed by atoms with Gasteiger partial charge < -0.3 is 5.11 Å². The minimum absolute atomic E-state index is 0.00926. The number of para-hydroxylation sites is 1. The number of halogens is 1. The molecule has 63 valence electrons. The lowest BCUT2D eigenvalue weighted by Crippen LogP contribution is -2.01. The van der Waals surface area contributed by atoms with E-state index in [1.165, 1.54) is 6.07 Å². The zero-order chi connectivity index (χ0) is 9.14. The van der Waals surface area contributed by atoms with Crippen LogP contribution in [0.3, 0.4) is 0 Å². The molecule has 0 aliphatic heterocycles. The number of carbonyl (C=O) groups excluding carboxylic acids is 1. The molecule has 1 aromatic carbocycles. The van der Waals surface area contributed by atoms with E-state index in [0.717, 1.165) is 0 Å². The molecule has 3 heteroatoms. The molecule has 0 amide bonds. The Morgan fingerprint density at radius 3 is 2.83 bits per heavy atom. The molecule has 12 heavy (non-hydrogen) atoms. The van der Waals surface area contributed by atoms with Crippen molar-refractivity contribution in [2.75, 3.05) is 6.67 Å². The molecule has 0 unspecified atom stereocenters. The van der Waals surface area contributed by atoms with Gasteiger partial charge in [-0.1, -0.05) is 12.1 Å². The van der Waals surface area contributed by atoms with Crippen molar-refractivity contribution in [3.8, 4) is 5.75 Å². The minimum Gasteiger partial charge on any atom is -0.507 e. The van der Waals surface area contributed by atoms with E-state index in [0.29, 0.717) is 5.56 Å². The van der Waals surface area contributed by atoms with Crippen LogP contribution in [0.15, 0.2) is 18.2 Å². The van der Waals surface area contributed by atoms with Gasteiger partial charge >= 0.3 is 0 Å². The highest BCUT2D eigenvalue weighted by molar-refractivity contribution is 5.99. The molecule has 0 aliphatic carbocycles. The molecule has 0 bridgehead atoms. The van der Waals surface area contributed by atoms with Crippen molar-refractivity contribution in [1.82, 2.24) is 0 Å². The number of phenolic OH excluding ortho intramolecular Hbond substituents is 1. The lowest BCUT2D eigenvalue weighted by atomic mass is 10.1. The second kappa shape index (κ2) is 3.34. The van der Waals surface area contributed by atoms with Crippen molar-refractivity contribution in [2.24, 2.45) is 0 Å². The predicted molar refractivity (Wildman–Crippen MR) is 42.9 cm³/mol. The standard InChI is InChI=1S/C9H8FO2/c1-6-3-2-4-7(9(6)12)8(11)5-10/h2-4,12H,1,5H2. The van der Waals surface area contributed by atoms with Crippen molar-refractivity contribution in [1.29, 1.82) is 0 Å². The fraction of sp³-hybridized carbons (Fsp3) is 0.111. The summed E-state index contributed by atoms with van der Waals surface area (Å²) in [6.45, 7) is 2.37. The second-order valence-corrected chi connectivity index (χ2v) is 2.37. The summed E-state index contributed by atoms with van der Waals surface area (Å²) in [5.41, 5.74) is 0.319. The number of carbonyl (C=O) groups is 1. The fourth-order valence-electron chi connectivity index (χ4n) is 0.888. The van der Waals surface area contributed by atoms with E-state index in [2.05, 4.69) is 6.92 Å². The minimum atomic E-state index is -1.10. The summed E-state index contributed by atoms with van der Waals surface area (Å²) in [5.74, 6) is -0.960. The van der Waals surface area contributed by atoms with Crippen LogP contribution in [0, 0.1) is 6.92 Å². The topological polar surface area (TPSA) is 37.3 Å². The van der Waals surface area contributed by atoms with Gasteiger partial charge in [-0.3, -0.25) is 4.79 Å². The van der Waals surface area contributed by atoms with Crippen LogP contribution in [0.4, 0.5) is 4.39 Å². The Morgan fingerprint density at radius 2 is 2.25 bits per heavy atom. The predicted octanol–water partition coefficient (Wildman–Crippen LogP) is 1.73. The Balaban J connectivity index is 3.16. The van der Waals surface area contributed by atoms with Crippen LogP contribution >= 0.6 is 0 Å². The number of alkyl halides is 1. The highest BCUT2D eigenvalue weighted by atomic mass is 19.1. The summed E-state index contributed by atoms with van der Waals surface area (Å²) >= 11 is 0. The number of hydrogen-bond donors (Lipinski definition) is 1. The third-order valence-electron chi connectivity index (χ3n) is 1.54. The summed E-state index contributed by atoms with van der Waals surface area (Å²) in [6, 6.07) is 4.46. The van der Waals surface area contributed by atoms with Crippen LogP contribution in [-0.4, -0.2) is 17.6 Å². The maximum atomic E-state index is 11.9. The molecule has 2 nitrogen and oxygen atoms in total. The van der Waals surface area contributed by atoms with Crippen LogP contribution in [0.2, 0.25) is 0 Å². The quantitative estimate of drug-likeness (QED) is 0.681. The second-order valence-electron chi connectivity index (χ2n) is 2.37. The molecule has 1 aromatic rings. The summed E-state index contributed by atoms with van der Waals surface area (Å²) in [6.07, 6.45) is 0. The maximum Gasteiger partial charge on any atom is 0.197 e. The van der Waals surface area contributed by atoms with E-state index in [9.17, 15) is 14.3 Å². The highest BCUT2D eigenvalue weighted by Gasteiger charge is 2.11. The zero-order valence-corrected chi connectivity index (χ0v) is 6.38. The van der Waals surface area contributed by atoms with Gasteiger partial charge in [0.2, 0.25) is 0 Å². The number of benzene rings is 1. The van der Waals surface area contributed by atoms with Gasteiger partial charge in [0.15, 0.2) is 12.5 Å². The van der Waals surface area contributed by atoms with Crippen LogP contribution in [0.1, 0.15) is 15.9 Å². The van der Waals surface area contributed by atoms with E-state index >= 15 is 0 Å². The Morgan fingerprint density at radius 1 is 1.58 bits per heavy atom. The number of rotatable bonds is 2. The molecule has 1 radical (unpaired) electrons. The molecule has 0 fully saturated rings. The first-order valence-electron chi connectivity index (χ1n) is 3.40. The number of hydrogen-bond acceptors (Lipinski definition) is 2. The molecule has 0 spiro atoms. The molecule has 0 aliphatic rings. The summed E-state index contributed by atoms with van der Waals surface area (Å²) < 4.78 is 11.9. The van der Waals surface area contributed by atoms with Gasteiger partial charge in [0.1, 0.15) is 5.75 Å². The Bertz CT molecular complexity index is 307. The zero-order valence-electron chi connectivity index (χ0n) is 6.38. The molecule has 1 rings (SSSR count). The van der Waals surface area contributed by atoms with E-state index in [-0.39, 0.29) is 11.3 Å². The molecule has 1 N–H and O–H groups in total. The third-order valence-corrected chi connectivity index (χ3v) is 1.54. The van der Waals surface area contributed by atoms with Crippen molar-refractivity contribution >= 4 is 5.78 Å². The number of phenols is 1. The van der Waals surface area contributed by atoms with Crippen LogP contribution < -0.4 is 0 Å². The molecule has 0 saturated carbocycles. The molecule has 0 heterocycles. The van der Waals surface area contributed by atoms with Crippen molar-refractivity contribution in [3.63, 3.8) is 0 Å². The first kappa shape index (κ1) is 8.71. The Labute approximate surface area is 69.6 Å². The van der Waals surface area contributed by atoms with Crippen molar-refractivity contribution in [2.45, 2.75) is 0 Å². The van der Waals surface area contributed by atoms with Crippen LogP contribution in [-0.2, 0) is 0 Å². The average molecular weight is 167 g/mol. The van der Waals surface area contributed by atoms with E-state index < -0.39 is 12.5 Å².